The van der Waals surface area contributed by atoms with Gasteiger partial charge in [-0.2, -0.15) is 0 Å². The molecule has 4 heteroatoms. The number of likely N-dealkylation sites (tertiary alicyclic amines) is 1. The molecular weight excluding hydrogens is 264 g/mol. The van der Waals surface area contributed by atoms with Gasteiger partial charge in [0.25, 0.3) is 0 Å². The summed E-state index contributed by atoms with van der Waals surface area (Å²) in [6.45, 7) is 7.37. The molecule has 0 bridgehead atoms. The predicted molar refractivity (Wildman–Crippen MR) is 84.1 cm³/mol. The van der Waals surface area contributed by atoms with E-state index in [2.05, 4.69) is 17.1 Å². The van der Waals surface area contributed by atoms with E-state index in [1.807, 2.05) is 24.3 Å². The molecular formula is C17H26N2O2. The van der Waals surface area contributed by atoms with Crippen molar-refractivity contribution < 1.29 is 9.47 Å². The number of hydrogen-bond acceptors (Lipinski definition) is 4. The van der Waals surface area contributed by atoms with Crippen LogP contribution >= 0.6 is 0 Å². The Labute approximate surface area is 127 Å². The first-order valence-corrected chi connectivity index (χ1v) is 8.19. The molecule has 4 nitrogen and oxygen atoms in total. The molecule has 0 spiro atoms. The van der Waals surface area contributed by atoms with E-state index in [0.717, 1.165) is 18.0 Å². The van der Waals surface area contributed by atoms with Crippen LogP contribution in [-0.4, -0.2) is 49.8 Å². The summed E-state index contributed by atoms with van der Waals surface area (Å²) in [5.74, 6) is 1.73. The lowest BCUT2D eigenvalue weighted by molar-refractivity contribution is 0.0876. The van der Waals surface area contributed by atoms with Gasteiger partial charge in [-0.05, 0) is 51.0 Å². The van der Waals surface area contributed by atoms with Gasteiger partial charge in [0, 0.05) is 12.6 Å². The first-order chi connectivity index (χ1) is 10.3. The molecule has 0 aliphatic carbocycles. The van der Waals surface area contributed by atoms with Gasteiger partial charge >= 0.3 is 0 Å². The summed E-state index contributed by atoms with van der Waals surface area (Å²) in [5.41, 5.74) is 0. The zero-order valence-corrected chi connectivity index (χ0v) is 12.9. The highest BCUT2D eigenvalue weighted by molar-refractivity contribution is 5.40. The normalized spacial score (nSPS) is 26.3. The van der Waals surface area contributed by atoms with Gasteiger partial charge in [0.15, 0.2) is 11.5 Å². The van der Waals surface area contributed by atoms with Crippen LogP contribution in [0, 0.1) is 0 Å². The molecule has 1 fully saturated rings. The summed E-state index contributed by atoms with van der Waals surface area (Å²) >= 11 is 0. The molecule has 2 heterocycles. The number of hydrogen-bond donors (Lipinski definition) is 1. The fourth-order valence-electron chi connectivity index (χ4n) is 3.14. The van der Waals surface area contributed by atoms with Gasteiger partial charge in [-0.15, -0.1) is 0 Å². The second kappa shape index (κ2) is 7.14. The summed E-state index contributed by atoms with van der Waals surface area (Å²) in [7, 11) is 0. The lowest BCUT2D eigenvalue weighted by Gasteiger charge is -2.28. The number of para-hydroxylation sites is 2. The van der Waals surface area contributed by atoms with E-state index in [-0.39, 0.29) is 6.10 Å². The fraction of sp³-hybridized carbons (Fsp3) is 0.647. The molecule has 0 amide bonds. The maximum atomic E-state index is 6.00. The van der Waals surface area contributed by atoms with Crippen molar-refractivity contribution in [2.24, 2.45) is 0 Å². The number of nitrogens with one attached hydrogen (secondary N) is 1. The molecule has 1 aromatic carbocycles. The van der Waals surface area contributed by atoms with E-state index in [9.17, 15) is 0 Å². The lowest BCUT2D eigenvalue weighted by Crippen LogP contribution is -2.42. The van der Waals surface area contributed by atoms with Crippen LogP contribution < -0.4 is 14.8 Å². The monoisotopic (exact) mass is 290 g/mol. The van der Waals surface area contributed by atoms with E-state index in [1.54, 1.807) is 0 Å². The van der Waals surface area contributed by atoms with E-state index >= 15 is 0 Å². The highest BCUT2D eigenvalue weighted by atomic mass is 16.6. The quantitative estimate of drug-likeness (QED) is 0.922. The van der Waals surface area contributed by atoms with E-state index < -0.39 is 0 Å². The van der Waals surface area contributed by atoms with Gasteiger partial charge in [-0.1, -0.05) is 19.1 Å². The maximum Gasteiger partial charge on any atom is 0.161 e. The Balaban J connectivity index is 1.46. The summed E-state index contributed by atoms with van der Waals surface area (Å²) in [5, 5.41) is 3.68. The van der Waals surface area contributed by atoms with E-state index in [0.29, 0.717) is 12.6 Å². The highest BCUT2D eigenvalue weighted by Crippen LogP contribution is 2.30. The minimum Gasteiger partial charge on any atom is -0.486 e. The Morgan fingerprint density at radius 3 is 2.90 bits per heavy atom. The van der Waals surface area contributed by atoms with E-state index in [4.69, 9.17) is 9.47 Å². The Hall–Kier alpha value is -1.26. The Morgan fingerprint density at radius 1 is 1.19 bits per heavy atom. The molecule has 3 rings (SSSR count). The number of benzene rings is 1. The average Bonchev–Trinajstić information content (AvgIpc) is 2.78. The van der Waals surface area contributed by atoms with Gasteiger partial charge in [0.2, 0.25) is 0 Å². The van der Waals surface area contributed by atoms with Crippen LogP contribution in [0.2, 0.25) is 0 Å². The Bertz CT molecular complexity index is 452. The largest absolute Gasteiger partial charge is 0.486 e. The van der Waals surface area contributed by atoms with Crippen molar-refractivity contribution in [3.63, 3.8) is 0 Å². The first kappa shape index (κ1) is 14.7. The molecule has 2 atom stereocenters. The predicted octanol–water partition coefficient (Wildman–Crippen LogP) is 2.29. The summed E-state index contributed by atoms with van der Waals surface area (Å²) in [6, 6.07) is 8.52. The van der Waals surface area contributed by atoms with Crippen LogP contribution in [-0.2, 0) is 0 Å². The van der Waals surface area contributed by atoms with Crippen LogP contribution in [0.5, 0.6) is 11.5 Å². The Kier molecular flexibility index (Phi) is 4.99. The van der Waals surface area contributed by atoms with Crippen molar-refractivity contribution in [1.82, 2.24) is 10.2 Å². The van der Waals surface area contributed by atoms with Crippen LogP contribution in [0.1, 0.15) is 26.2 Å². The molecule has 1 saturated heterocycles. The fourth-order valence-corrected chi connectivity index (χ4v) is 3.14. The minimum absolute atomic E-state index is 0.116. The van der Waals surface area contributed by atoms with Crippen molar-refractivity contribution in [3.05, 3.63) is 24.3 Å². The standard InChI is InChI=1S/C17H26N2O2/c1-2-19-10-5-6-14(9-11-19)18-12-15-13-20-16-7-3-4-8-17(16)21-15/h3-4,7-8,14-15,18H,2,5-6,9-13H2,1H3. The molecule has 1 aromatic rings. The van der Waals surface area contributed by atoms with Gasteiger partial charge in [-0.25, -0.2) is 0 Å². The SMILES string of the molecule is CCN1CCCC(NCC2COc3ccccc3O2)CC1. The molecule has 0 radical (unpaired) electrons. The van der Waals surface area contributed by atoms with Gasteiger partial charge in [0.1, 0.15) is 12.7 Å². The average molecular weight is 290 g/mol. The molecule has 0 aromatic heterocycles. The van der Waals surface area contributed by atoms with Crippen molar-refractivity contribution >= 4 is 0 Å². The van der Waals surface area contributed by atoms with Crippen molar-refractivity contribution in [2.75, 3.05) is 32.8 Å². The van der Waals surface area contributed by atoms with Crippen LogP contribution in [0.15, 0.2) is 24.3 Å². The molecule has 2 aliphatic rings. The zero-order chi connectivity index (χ0) is 14.5. The third-order valence-corrected chi connectivity index (χ3v) is 4.47. The lowest BCUT2D eigenvalue weighted by atomic mass is 10.1. The van der Waals surface area contributed by atoms with E-state index in [1.165, 1.54) is 38.9 Å². The van der Waals surface area contributed by atoms with Crippen molar-refractivity contribution in [2.45, 2.75) is 38.3 Å². The van der Waals surface area contributed by atoms with Crippen LogP contribution in [0.4, 0.5) is 0 Å². The Morgan fingerprint density at radius 2 is 2.05 bits per heavy atom. The number of ether oxygens (including phenoxy) is 2. The van der Waals surface area contributed by atoms with Crippen molar-refractivity contribution in [3.8, 4) is 11.5 Å². The third kappa shape index (κ3) is 3.89. The first-order valence-electron chi connectivity index (χ1n) is 8.19. The van der Waals surface area contributed by atoms with Gasteiger partial charge < -0.3 is 19.7 Å². The highest BCUT2D eigenvalue weighted by Gasteiger charge is 2.22. The second-order valence-electron chi connectivity index (χ2n) is 5.97. The summed E-state index contributed by atoms with van der Waals surface area (Å²) < 4.78 is 11.8. The minimum atomic E-state index is 0.116. The molecule has 2 aliphatic heterocycles. The summed E-state index contributed by atoms with van der Waals surface area (Å²) in [4.78, 5) is 2.54. The van der Waals surface area contributed by atoms with Gasteiger partial charge in [0.05, 0.1) is 0 Å². The number of fused-ring (bicyclic) bond motifs is 1. The number of nitrogens with zero attached hydrogens (tertiary/aromatic N) is 1. The number of rotatable bonds is 4. The summed E-state index contributed by atoms with van der Waals surface area (Å²) in [6.07, 6.45) is 3.90. The zero-order valence-electron chi connectivity index (χ0n) is 12.9. The molecule has 21 heavy (non-hydrogen) atoms. The van der Waals surface area contributed by atoms with Crippen LogP contribution in [0.25, 0.3) is 0 Å². The topological polar surface area (TPSA) is 33.7 Å². The smallest absolute Gasteiger partial charge is 0.161 e. The maximum absolute atomic E-state index is 6.00. The molecule has 116 valence electrons. The molecule has 2 unspecified atom stereocenters. The molecule has 1 N–H and O–H groups in total. The molecule has 0 saturated carbocycles. The third-order valence-electron chi connectivity index (χ3n) is 4.47. The van der Waals surface area contributed by atoms with Crippen molar-refractivity contribution in [1.29, 1.82) is 0 Å². The van der Waals surface area contributed by atoms with Gasteiger partial charge in [-0.3, -0.25) is 0 Å². The van der Waals surface area contributed by atoms with Crippen LogP contribution in [0.3, 0.4) is 0 Å². The second-order valence-corrected chi connectivity index (χ2v) is 5.97.